The van der Waals surface area contributed by atoms with Crippen molar-refractivity contribution in [2.45, 2.75) is 13.5 Å². The first-order valence-electron chi connectivity index (χ1n) is 8.26. The molecule has 1 aromatic heterocycles. The minimum Gasteiger partial charge on any atom is -0.495 e. The van der Waals surface area contributed by atoms with Gasteiger partial charge in [0.15, 0.2) is 5.82 Å². The molecular weight excluding hydrogens is 366 g/mol. The van der Waals surface area contributed by atoms with E-state index in [1.54, 1.807) is 26.4 Å². The molecule has 0 aliphatic rings. The predicted molar refractivity (Wildman–Crippen MR) is 106 cm³/mol. The number of anilines is 3. The van der Waals surface area contributed by atoms with E-state index in [0.717, 1.165) is 5.56 Å². The summed E-state index contributed by atoms with van der Waals surface area (Å²) in [7, 11) is 3.12. The Kier molecular flexibility index (Phi) is 5.93. The lowest BCUT2D eigenvalue weighted by Gasteiger charge is -2.13. The van der Waals surface area contributed by atoms with Crippen LogP contribution < -0.4 is 20.1 Å². The largest absolute Gasteiger partial charge is 0.495 e. The van der Waals surface area contributed by atoms with Crippen molar-refractivity contribution in [3.05, 3.63) is 58.7 Å². The van der Waals surface area contributed by atoms with E-state index in [2.05, 4.69) is 44.9 Å². The predicted octanol–water partition coefficient (Wildman–Crippen LogP) is 4.21. The third-order valence-corrected chi connectivity index (χ3v) is 4.12. The van der Waals surface area contributed by atoms with E-state index in [9.17, 15) is 0 Å². The number of ether oxygens (including phenoxy) is 2. The lowest BCUT2D eigenvalue weighted by molar-refractivity contribution is 0.405. The molecule has 0 spiro atoms. The Labute approximate surface area is 162 Å². The number of aryl methyl sites for hydroxylation is 1. The van der Waals surface area contributed by atoms with Crippen molar-refractivity contribution in [2.75, 3.05) is 24.9 Å². The molecule has 140 valence electrons. The first-order chi connectivity index (χ1) is 13.1. The zero-order chi connectivity index (χ0) is 19.2. The van der Waals surface area contributed by atoms with Crippen LogP contribution in [0.25, 0.3) is 0 Å². The molecule has 3 aromatic rings. The van der Waals surface area contributed by atoms with E-state index in [1.165, 1.54) is 11.8 Å². The Hall–Kier alpha value is -3.06. The number of hydrogen-bond donors (Lipinski definition) is 2. The molecule has 8 heteroatoms. The van der Waals surface area contributed by atoms with Crippen LogP contribution in [0, 0.1) is 6.92 Å². The van der Waals surface area contributed by atoms with Crippen molar-refractivity contribution in [3.63, 3.8) is 0 Å². The summed E-state index contributed by atoms with van der Waals surface area (Å²) in [6.45, 7) is 2.66. The molecule has 0 saturated heterocycles. The molecule has 1 heterocycles. The average molecular weight is 386 g/mol. The van der Waals surface area contributed by atoms with Gasteiger partial charge in [-0.2, -0.15) is 10.1 Å². The van der Waals surface area contributed by atoms with Gasteiger partial charge in [-0.05, 0) is 12.5 Å². The Balaban J connectivity index is 1.76. The van der Waals surface area contributed by atoms with Crippen molar-refractivity contribution in [1.82, 2.24) is 15.2 Å². The number of hydrogen-bond acceptors (Lipinski definition) is 7. The summed E-state index contributed by atoms with van der Waals surface area (Å²) in [6.07, 6.45) is 1.53. The van der Waals surface area contributed by atoms with Gasteiger partial charge in [-0.3, -0.25) is 0 Å². The highest BCUT2D eigenvalue weighted by Crippen LogP contribution is 2.37. The summed E-state index contributed by atoms with van der Waals surface area (Å²) in [5.74, 6) is 2.02. The molecule has 0 aliphatic heterocycles. The third-order valence-electron chi connectivity index (χ3n) is 3.83. The van der Waals surface area contributed by atoms with Crippen molar-refractivity contribution in [3.8, 4) is 11.5 Å². The summed E-state index contributed by atoms with van der Waals surface area (Å²) in [4.78, 5) is 4.43. The van der Waals surface area contributed by atoms with Gasteiger partial charge in [-0.15, -0.1) is 5.10 Å². The van der Waals surface area contributed by atoms with Crippen LogP contribution in [0.4, 0.5) is 17.5 Å². The van der Waals surface area contributed by atoms with Gasteiger partial charge in [-0.1, -0.05) is 41.4 Å². The SMILES string of the molecule is COc1cc(Nc2cnnc(NCc3cccc(C)c3)n2)c(OC)cc1Cl. The summed E-state index contributed by atoms with van der Waals surface area (Å²) < 4.78 is 10.6. The lowest BCUT2D eigenvalue weighted by atomic mass is 10.1. The zero-order valence-electron chi connectivity index (χ0n) is 15.3. The van der Waals surface area contributed by atoms with Crippen LogP contribution in [-0.2, 0) is 6.54 Å². The molecule has 2 aromatic carbocycles. The topological polar surface area (TPSA) is 81.2 Å². The van der Waals surface area contributed by atoms with Crippen molar-refractivity contribution < 1.29 is 9.47 Å². The van der Waals surface area contributed by atoms with Gasteiger partial charge in [0.05, 0.1) is 31.1 Å². The highest BCUT2D eigenvalue weighted by molar-refractivity contribution is 6.32. The Bertz CT molecular complexity index is 936. The normalized spacial score (nSPS) is 10.4. The molecule has 0 radical (unpaired) electrons. The van der Waals surface area contributed by atoms with Crippen molar-refractivity contribution in [1.29, 1.82) is 0 Å². The summed E-state index contributed by atoms with van der Waals surface area (Å²) in [5, 5.41) is 14.8. The molecule has 0 aliphatic carbocycles. The molecule has 0 fully saturated rings. The van der Waals surface area contributed by atoms with Gasteiger partial charge in [0.25, 0.3) is 0 Å². The molecule has 0 atom stereocenters. The molecule has 0 unspecified atom stereocenters. The number of nitrogens with zero attached hydrogens (tertiary/aromatic N) is 3. The first-order valence-corrected chi connectivity index (χ1v) is 8.64. The van der Waals surface area contributed by atoms with Gasteiger partial charge in [0, 0.05) is 18.7 Å². The minimum atomic E-state index is 0.418. The fourth-order valence-corrected chi connectivity index (χ4v) is 2.77. The van der Waals surface area contributed by atoms with Gasteiger partial charge in [0.2, 0.25) is 5.95 Å². The van der Waals surface area contributed by atoms with E-state index in [0.29, 0.717) is 40.5 Å². The first kappa shape index (κ1) is 18.7. The van der Waals surface area contributed by atoms with E-state index < -0.39 is 0 Å². The fourth-order valence-electron chi connectivity index (χ4n) is 2.54. The molecule has 0 amide bonds. The zero-order valence-corrected chi connectivity index (χ0v) is 16.0. The number of aromatic nitrogens is 3. The second-order valence-electron chi connectivity index (χ2n) is 5.82. The van der Waals surface area contributed by atoms with Gasteiger partial charge in [-0.25, -0.2) is 0 Å². The Morgan fingerprint density at radius 1 is 1.07 bits per heavy atom. The molecule has 3 rings (SSSR count). The van der Waals surface area contributed by atoms with Crippen LogP contribution in [0.5, 0.6) is 11.5 Å². The van der Waals surface area contributed by atoms with Gasteiger partial charge < -0.3 is 20.1 Å². The van der Waals surface area contributed by atoms with E-state index in [-0.39, 0.29) is 0 Å². The molecule has 27 heavy (non-hydrogen) atoms. The number of methoxy groups -OCH3 is 2. The molecule has 7 nitrogen and oxygen atoms in total. The van der Waals surface area contributed by atoms with E-state index >= 15 is 0 Å². The average Bonchev–Trinajstić information content (AvgIpc) is 2.68. The monoisotopic (exact) mass is 385 g/mol. The molecule has 2 N–H and O–H groups in total. The summed E-state index contributed by atoms with van der Waals surface area (Å²) in [6, 6.07) is 11.6. The van der Waals surface area contributed by atoms with Crippen LogP contribution in [-0.4, -0.2) is 29.4 Å². The number of nitrogens with one attached hydrogen (secondary N) is 2. The van der Waals surface area contributed by atoms with Crippen molar-refractivity contribution >= 4 is 29.1 Å². The maximum atomic E-state index is 6.14. The van der Waals surface area contributed by atoms with Gasteiger partial charge in [0.1, 0.15) is 11.5 Å². The third kappa shape index (κ3) is 4.77. The highest BCUT2D eigenvalue weighted by Gasteiger charge is 2.11. The minimum absolute atomic E-state index is 0.418. The molecule has 0 bridgehead atoms. The van der Waals surface area contributed by atoms with Crippen LogP contribution >= 0.6 is 11.6 Å². The second kappa shape index (κ2) is 8.55. The van der Waals surface area contributed by atoms with Crippen molar-refractivity contribution in [2.24, 2.45) is 0 Å². The standard InChI is InChI=1S/C19H20ClN5O2/c1-12-5-4-6-13(7-12)10-21-19-24-18(11-22-25-19)23-15-9-16(26-2)14(20)8-17(15)27-3/h4-9,11H,10H2,1-3H3,(H2,21,23,24,25). The summed E-state index contributed by atoms with van der Waals surface area (Å²) in [5.41, 5.74) is 3.00. The van der Waals surface area contributed by atoms with Gasteiger partial charge >= 0.3 is 0 Å². The molecular formula is C19H20ClN5O2. The Morgan fingerprint density at radius 2 is 1.89 bits per heavy atom. The Morgan fingerprint density at radius 3 is 2.63 bits per heavy atom. The van der Waals surface area contributed by atoms with Crippen LogP contribution in [0.1, 0.15) is 11.1 Å². The second-order valence-corrected chi connectivity index (χ2v) is 6.23. The lowest BCUT2D eigenvalue weighted by Crippen LogP contribution is -2.07. The number of rotatable bonds is 7. The maximum absolute atomic E-state index is 6.14. The quantitative estimate of drug-likeness (QED) is 0.630. The fraction of sp³-hybridized carbons (Fsp3) is 0.211. The van der Waals surface area contributed by atoms with E-state index in [4.69, 9.17) is 21.1 Å². The van der Waals surface area contributed by atoms with Crippen LogP contribution in [0.3, 0.4) is 0 Å². The smallest absolute Gasteiger partial charge is 0.244 e. The van der Waals surface area contributed by atoms with E-state index in [1.807, 2.05) is 12.1 Å². The maximum Gasteiger partial charge on any atom is 0.244 e. The summed E-state index contributed by atoms with van der Waals surface area (Å²) >= 11 is 6.14. The highest BCUT2D eigenvalue weighted by atomic mass is 35.5. The molecule has 0 saturated carbocycles. The van der Waals surface area contributed by atoms with Crippen LogP contribution in [0.2, 0.25) is 5.02 Å². The number of halogens is 1. The van der Waals surface area contributed by atoms with Crippen LogP contribution in [0.15, 0.2) is 42.6 Å². The number of benzene rings is 2.